The number of carbonyl (C=O) groups excluding carboxylic acids is 1. The minimum Gasteiger partial charge on any atom is -0.468 e. The number of furan rings is 1. The van der Waals surface area contributed by atoms with Crippen LogP contribution in [0.1, 0.15) is 37.5 Å². The molecule has 1 N–H and O–H groups in total. The van der Waals surface area contributed by atoms with Gasteiger partial charge in [0.1, 0.15) is 5.76 Å². The van der Waals surface area contributed by atoms with E-state index in [9.17, 15) is 4.79 Å². The lowest BCUT2D eigenvalue weighted by Gasteiger charge is -2.25. The maximum absolute atomic E-state index is 12.4. The van der Waals surface area contributed by atoms with E-state index >= 15 is 0 Å². The average Bonchev–Trinajstić information content (AvgIpc) is 3.15. The van der Waals surface area contributed by atoms with Crippen molar-refractivity contribution in [3.05, 3.63) is 24.2 Å². The molecule has 1 aromatic heterocycles. The second kappa shape index (κ2) is 5.60. The molecule has 2 saturated carbocycles. The van der Waals surface area contributed by atoms with E-state index < -0.39 is 0 Å². The Kier molecular flexibility index (Phi) is 3.83. The van der Waals surface area contributed by atoms with Crippen molar-refractivity contribution < 1.29 is 9.21 Å². The fraction of sp³-hybridized carbons (Fsp3) is 0.688. The van der Waals surface area contributed by atoms with Gasteiger partial charge >= 0.3 is 0 Å². The normalized spacial score (nSPS) is 29.9. The van der Waals surface area contributed by atoms with Crippen LogP contribution in [-0.4, -0.2) is 31.4 Å². The van der Waals surface area contributed by atoms with Crippen molar-refractivity contribution >= 4 is 5.91 Å². The number of likely N-dealkylation sites (N-methyl/N-ethyl adjacent to an activating group) is 1. The first-order chi connectivity index (χ1) is 9.65. The monoisotopic (exact) mass is 276 g/mol. The van der Waals surface area contributed by atoms with Gasteiger partial charge < -0.3 is 9.73 Å². The standard InChI is InChI=1S/C16H24N2O2/c1-18(2)14(15-4-3-7-20-15)10-17-16(19)13-9-11-5-6-12(13)8-11/h3-4,7,11-14H,5-6,8-10H2,1-2H3,(H,17,19). The molecule has 3 rings (SSSR count). The Morgan fingerprint density at radius 1 is 1.45 bits per heavy atom. The zero-order chi connectivity index (χ0) is 14.1. The summed E-state index contributed by atoms with van der Waals surface area (Å²) in [7, 11) is 4.02. The van der Waals surface area contributed by atoms with Crippen molar-refractivity contribution in [2.75, 3.05) is 20.6 Å². The smallest absolute Gasteiger partial charge is 0.223 e. The summed E-state index contributed by atoms with van der Waals surface area (Å²) in [5, 5.41) is 3.14. The number of carbonyl (C=O) groups is 1. The van der Waals surface area contributed by atoms with Crippen LogP contribution >= 0.6 is 0 Å². The first-order valence-electron chi connectivity index (χ1n) is 7.62. The predicted octanol–water partition coefficient (Wildman–Crippen LogP) is 2.43. The van der Waals surface area contributed by atoms with E-state index in [1.165, 1.54) is 19.3 Å². The second-order valence-electron chi connectivity index (χ2n) is 6.52. The van der Waals surface area contributed by atoms with Gasteiger partial charge in [0.05, 0.1) is 12.3 Å². The van der Waals surface area contributed by atoms with Gasteiger partial charge in [-0.05, 0) is 57.3 Å². The molecule has 2 aliphatic rings. The van der Waals surface area contributed by atoms with E-state index in [2.05, 4.69) is 10.2 Å². The van der Waals surface area contributed by atoms with Crippen LogP contribution in [0.5, 0.6) is 0 Å². The molecule has 110 valence electrons. The summed E-state index contributed by atoms with van der Waals surface area (Å²) in [6.07, 6.45) is 6.64. The Labute approximate surface area is 120 Å². The minimum absolute atomic E-state index is 0.104. The van der Waals surface area contributed by atoms with E-state index in [4.69, 9.17) is 4.42 Å². The Morgan fingerprint density at radius 2 is 2.30 bits per heavy atom. The van der Waals surface area contributed by atoms with Crippen LogP contribution in [0.2, 0.25) is 0 Å². The molecule has 1 heterocycles. The molecule has 0 spiro atoms. The molecule has 0 aliphatic heterocycles. The van der Waals surface area contributed by atoms with Crippen molar-refractivity contribution in [1.29, 1.82) is 0 Å². The molecule has 2 bridgehead atoms. The van der Waals surface area contributed by atoms with Gasteiger partial charge in [-0.1, -0.05) is 6.42 Å². The number of nitrogens with one attached hydrogen (secondary N) is 1. The zero-order valence-electron chi connectivity index (χ0n) is 12.3. The molecular weight excluding hydrogens is 252 g/mol. The molecule has 1 amide bonds. The van der Waals surface area contributed by atoms with Crippen LogP contribution in [0, 0.1) is 17.8 Å². The quantitative estimate of drug-likeness (QED) is 0.898. The molecular formula is C16H24N2O2. The van der Waals surface area contributed by atoms with E-state index in [1.807, 2.05) is 26.2 Å². The highest BCUT2D eigenvalue weighted by Gasteiger charge is 2.43. The number of hydrogen-bond donors (Lipinski definition) is 1. The number of nitrogens with zero attached hydrogens (tertiary/aromatic N) is 1. The summed E-state index contributed by atoms with van der Waals surface area (Å²) >= 11 is 0. The minimum atomic E-state index is 0.104. The maximum Gasteiger partial charge on any atom is 0.223 e. The molecule has 0 radical (unpaired) electrons. The molecule has 20 heavy (non-hydrogen) atoms. The van der Waals surface area contributed by atoms with Gasteiger partial charge in [-0.25, -0.2) is 0 Å². The summed E-state index contributed by atoms with van der Waals surface area (Å²) < 4.78 is 5.47. The fourth-order valence-corrected chi connectivity index (χ4v) is 3.91. The van der Waals surface area contributed by atoms with Gasteiger partial charge in [0.2, 0.25) is 5.91 Å². The van der Waals surface area contributed by atoms with Gasteiger partial charge in [0.25, 0.3) is 0 Å². The van der Waals surface area contributed by atoms with Crippen molar-refractivity contribution in [3.63, 3.8) is 0 Å². The number of amides is 1. The highest BCUT2D eigenvalue weighted by Crippen LogP contribution is 2.48. The van der Waals surface area contributed by atoms with Crippen LogP contribution in [0.3, 0.4) is 0 Å². The number of fused-ring (bicyclic) bond motifs is 2. The zero-order valence-corrected chi connectivity index (χ0v) is 12.3. The van der Waals surface area contributed by atoms with Gasteiger partial charge in [-0.2, -0.15) is 0 Å². The average molecular weight is 276 g/mol. The van der Waals surface area contributed by atoms with Crippen LogP contribution in [0.25, 0.3) is 0 Å². The Bertz CT molecular complexity index is 455. The Balaban J connectivity index is 1.56. The van der Waals surface area contributed by atoms with Gasteiger partial charge in [0.15, 0.2) is 0 Å². The van der Waals surface area contributed by atoms with Crippen molar-refractivity contribution in [1.82, 2.24) is 10.2 Å². The van der Waals surface area contributed by atoms with Gasteiger partial charge in [0, 0.05) is 12.5 Å². The van der Waals surface area contributed by atoms with Gasteiger partial charge in [-0.15, -0.1) is 0 Å². The fourth-order valence-electron chi connectivity index (χ4n) is 3.91. The molecule has 4 unspecified atom stereocenters. The highest BCUT2D eigenvalue weighted by atomic mass is 16.3. The van der Waals surface area contributed by atoms with Crippen molar-refractivity contribution in [3.8, 4) is 0 Å². The van der Waals surface area contributed by atoms with E-state index in [-0.39, 0.29) is 17.9 Å². The first-order valence-corrected chi connectivity index (χ1v) is 7.62. The van der Waals surface area contributed by atoms with Crippen LogP contribution in [-0.2, 0) is 4.79 Å². The largest absolute Gasteiger partial charge is 0.468 e. The lowest BCUT2D eigenvalue weighted by molar-refractivity contribution is -0.126. The first kappa shape index (κ1) is 13.7. The maximum atomic E-state index is 12.4. The molecule has 4 nitrogen and oxygen atoms in total. The van der Waals surface area contributed by atoms with Crippen LogP contribution in [0.15, 0.2) is 22.8 Å². The molecule has 4 heteroatoms. The molecule has 4 atom stereocenters. The molecule has 2 fully saturated rings. The topological polar surface area (TPSA) is 45.5 Å². The molecule has 1 aromatic rings. The summed E-state index contributed by atoms with van der Waals surface area (Å²) in [4.78, 5) is 14.5. The van der Waals surface area contributed by atoms with E-state index in [1.54, 1.807) is 6.26 Å². The lowest BCUT2D eigenvalue weighted by Crippen LogP contribution is -2.39. The summed E-state index contributed by atoms with van der Waals surface area (Å²) in [6.45, 7) is 0.618. The Hall–Kier alpha value is -1.29. The molecule has 2 aliphatic carbocycles. The SMILES string of the molecule is CN(C)C(CNC(=O)C1CC2CCC1C2)c1ccco1. The predicted molar refractivity (Wildman–Crippen MR) is 77.1 cm³/mol. The summed E-state index contributed by atoms with van der Waals surface area (Å²) in [5.74, 6) is 2.86. The lowest BCUT2D eigenvalue weighted by atomic mass is 9.88. The van der Waals surface area contributed by atoms with Crippen molar-refractivity contribution in [2.24, 2.45) is 17.8 Å². The summed E-state index contributed by atoms with van der Waals surface area (Å²) in [6, 6.07) is 3.96. The molecule has 0 saturated heterocycles. The third-order valence-corrected chi connectivity index (χ3v) is 5.04. The van der Waals surface area contributed by atoms with Crippen LogP contribution in [0.4, 0.5) is 0 Å². The number of hydrogen-bond acceptors (Lipinski definition) is 3. The van der Waals surface area contributed by atoms with E-state index in [0.717, 1.165) is 18.1 Å². The number of rotatable bonds is 5. The van der Waals surface area contributed by atoms with Gasteiger partial charge in [-0.3, -0.25) is 9.69 Å². The van der Waals surface area contributed by atoms with E-state index in [0.29, 0.717) is 12.5 Å². The molecule has 0 aromatic carbocycles. The van der Waals surface area contributed by atoms with Crippen LogP contribution < -0.4 is 5.32 Å². The Morgan fingerprint density at radius 3 is 2.85 bits per heavy atom. The highest BCUT2D eigenvalue weighted by molar-refractivity contribution is 5.79. The second-order valence-corrected chi connectivity index (χ2v) is 6.52. The van der Waals surface area contributed by atoms with Crippen molar-refractivity contribution in [2.45, 2.75) is 31.7 Å². The summed E-state index contributed by atoms with van der Waals surface area (Å²) in [5.41, 5.74) is 0. The third-order valence-electron chi connectivity index (χ3n) is 5.04. The third kappa shape index (κ3) is 2.62.